The summed E-state index contributed by atoms with van der Waals surface area (Å²) in [6.07, 6.45) is 0.384. The highest BCUT2D eigenvalue weighted by Crippen LogP contribution is 2.16. The van der Waals surface area contributed by atoms with Crippen LogP contribution in [0.2, 0.25) is 6.04 Å². The molecule has 0 aromatic rings. The Kier molecular flexibility index (Phi) is 15.2. The van der Waals surface area contributed by atoms with Crippen molar-refractivity contribution in [1.29, 1.82) is 0 Å². The first-order chi connectivity index (χ1) is 7.89. The lowest BCUT2D eigenvalue weighted by Gasteiger charge is -2.27. The van der Waals surface area contributed by atoms with Crippen molar-refractivity contribution in [2.45, 2.75) is 18.3 Å². The molecule has 6 N–H and O–H groups in total. The summed E-state index contributed by atoms with van der Waals surface area (Å²) in [6.45, 7) is 12.0. The molecule has 0 rings (SSSR count). The quantitative estimate of drug-likeness (QED) is 0.364. The van der Waals surface area contributed by atoms with E-state index in [1.54, 1.807) is 0 Å². The molecule has 0 radical (unpaired) electrons. The van der Waals surface area contributed by atoms with Crippen molar-refractivity contribution in [2.24, 2.45) is 17.2 Å². The fraction of sp³-hybridized carbons (Fsp3) is 0.600. The van der Waals surface area contributed by atoms with Gasteiger partial charge in [0, 0.05) is 27.4 Å². The molecule has 0 atom stereocenters. The van der Waals surface area contributed by atoms with Crippen molar-refractivity contribution in [2.75, 3.05) is 21.3 Å². The molecule has 0 saturated carbocycles. The van der Waals surface area contributed by atoms with E-state index in [4.69, 9.17) is 30.5 Å². The maximum atomic E-state index is 5.42. The van der Waals surface area contributed by atoms with Crippen LogP contribution >= 0.6 is 0 Å². The summed E-state index contributed by atoms with van der Waals surface area (Å²) in [4.78, 5) is 0. The lowest BCUT2D eigenvalue weighted by Crippen LogP contribution is -2.59. The second kappa shape index (κ2) is 11.9. The predicted octanol–water partition coefficient (Wildman–Crippen LogP) is 0.389. The molecule has 0 saturated heterocycles. The first kappa shape index (κ1) is 21.7. The molecule has 0 amide bonds. The molecule has 0 heterocycles. The van der Waals surface area contributed by atoms with Gasteiger partial charge in [0.2, 0.25) is 0 Å². The van der Waals surface area contributed by atoms with Crippen LogP contribution < -0.4 is 17.2 Å². The third-order valence-corrected chi connectivity index (χ3v) is 4.53. The average Bonchev–Trinajstić information content (AvgIpc) is 2.35. The zero-order chi connectivity index (χ0) is 14.5. The Morgan fingerprint density at radius 1 is 0.882 bits per heavy atom. The van der Waals surface area contributed by atoms with Crippen LogP contribution in [-0.2, 0) is 13.3 Å². The summed E-state index contributed by atoms with van der Waals surface area (Å²) < 4.78 is 15.5. The van der Waals surface area contributed by atoms with E-state index < -0.39 is 14.6 Å². The third-order valence-electron chi connectivity index (χ3n) is 1.80. The first-order valence-electron chi connectivity index (χ1n) is 4.91. The Bertz CT molecular complexity index is 162. The number of hydrogen-bond acceptors (Lipinski definition) is 6. The maximum absolute atomic E-state index is 5.42. The van der Waals surface area contributed by atoms with Crippen molar-refractivity contribution in [1.82, 2.24) is 0 Å². The minimum atomic E-state index is -2.57. The fourth-order valence-electron chi connectivity index (χ4n) is 0.926. The van der Waals surface area contributed by atoms with Crippen LogP contribution in [0.25, 0.3) is 0 Å². The molecule has 6 nitrogen and oxygen atoms in total. The van der Waals surface area contributed by atoms with E-state index in [2.05, 4.69) is 26.3 Å². The molecule has 0 aromatic carbocycles. The van der Waals surface area contributed by atoms with E-state index >= 15 is 0 Å². The Morgan fingerprint density at radius 2 is 1.18 bits per heavy atom. The minimum Gasteiger partial charge on any atom is -0.377 e. The Hall–Kier alpha value is -0.543. The summed E-state index contributed by atoms with van der Waals surface area (Å²) in [5, 5.41) is 0. The van der Waals surface area contributed by atoms with Crippen LogP contribution in [-0.4, -0.2) is 35.9 Å². The molecule has 104 valence electrons. The van der Waals surface area contributed by atoms with Gasteiger partial charge in [0.1, 0.15) is 5.79 Å². The van der Waals surface area contributed by atoms with Crippen molar-refractivity contribution in [3.63, 3.8) is 0 Å². The normalized spacial score (nSPS) is 10.7. The Morgan fingerprint density at radius 3 is 1.35 bits per heavy atom. The van der Waals surface area contributed by atoms with E-state index in [1.807, 2.05) is 0 Å². The summed E-state index contributed by atoms with van der Waals surface area (Å²) >= 11 is 0. The molecule has 0 fully saturated rings. The fourth-order valence-corrected chi connectivity index (χ4v) is 2.78. The maximum Gasteiger partial charge on any atom is 0.500 e. The average molecular weight is 265 g/mol. The van der Waals surface area contributed by atoms with Gasteiger partial charge >= 0.3 is 8.80 Å². The zero-order valence-corrected chi connectivity index (χ0v) is 12.2. The van der Waals surface area contributed by atoms with Crippen molar-refractivity contribution in [3.05, 3.63) is 26.3 Å². The van der Waals surface area contributed by atoms with Gasteiger partial charge in [0.25, 0.3) is 0 Å². The minimum absolute atomic E-state index is 0.384. The van der Waals surface area contributed by atoms with Crippen LogP contribution in [0, 0.1) is 0 Å². The van der Waals surface area contributed by atoms with Gasteiger partial charge in [0.05, 0.1) is 0 Å². The molecule has 0 aromatic heterocycles. The predicted molar refractivity (Wildman–Crippen MR) is 74.0 cm³/mol. The van der Waals surface area contributed by atoms with Gasteiger partial charge in [-0.3, -0.25) is 0 Å². The second-order valence-corrected chi connectivity index (χ2v) is 6.00. The smallest absolute Gasteiger partial charge is 0.377 e. The van der Waals surface area contributed by atoms with Crippen molar-refractivity contribution < 1.29 is 13.3 Å². The molecule has 0 aliphatic heterocycles. The molecule has 0 aliphatic carbocycles. The molecular weight excluding hydrogens is 238 g/mol. The second-order valence-electron chi connectivity index (χ2n) is 2.91. The third kappa shape index (κ3) is 11.7. The highest BCUT2D eigenvalue weighted by Gasteiger charge is 2.38. The monoisotopic (exact) mass is 265 g/mol. The lowest BCUT2D eigenvalue weighted by molar-refractivity contribution is 0.120. The van der Waals surface area contributed by atoms with Crippen LogP contribution in [0.1, 0.15) is 6.42 Å². The molecule has 0 unspecified atom stereocenters. The molecule has 0 spiro atoms. The van der Waals surface area contributed by atoms with E-state index in [0.717, 1.165) is 0 Å². The van der Waals surface area contributed by atoms with Crippen LogP contribution in [0.4, 0.5) is 0 Å². The molecule has 17 heavy (non-hydrogen) atoms. The molecule has 0 aliphatic rings. The largest absolute Gasteiger partial charge is 0.500 e. The van der Waals surface area contributed by atoms with Crippen LogP contribution in [0.15, 0.2) is 26.3 Å². The SMILES string of the molecule is C=C.C=C.CO[Si](CCC(N)(N)N)(OC)OC. The van der Waals surface area contributed by atoms with Gasteiger partial charge < -0.3 is 30.5 Å². The Balaban J connectivity index is -0.000000439. The highest BCUT2D eigenvalue weighted by atomic mass is 28.4. The number of hydrogen-bond donors (Lipinski definition) is 3. The molecule has 0 bridgehead atoms. The summed E-state index contributed by atoms with van der Waals surface area (Å²) in [6, 6.07) is 0.500. The van der Waals surface area contributed by atoms with Gasteiger partial charge in [-0.05, 0) is 6.42 Å². The van der Waals surface area contributed by atoms with Gasteiger partial charge in [-0.25, -0.2) is 0 Å². The van der Waals surface area contributed by atoms with E-state index in [-0.39, 0.29) is 0 Å². The topological polar surface area (TPSA) is 106 Å². The number of nitrogens with two attached hydrogens (primary N) is 3. The van der Waals surface area contributed by atoms with E-state index in [1.165, 1.54) is 21.3 Å². The number of rotatable bonds is 6. The summed E-state index contributed by atoms with van der Waals surface area (Å²) in [7, 11) is 2.03. The molecule has 7 heteroatoms. The first-order valence-corrected chi connectivity index (χ1v) is 6.84. The lowest BCUT2D eigenvalue weighted by atomic mass is 10.3. The Labute approximate surface area is 106 Å². The van der Waals surface area contributed by atoms with Gasteiger partial charge in [0.15, 0.2) is 0 Å². The van der Waals surface area contributed by atoms with Crippen LogP contribution in [0.3, 0.4) is 0 Å². The van der Waals surface area contributed by atoms with Gasteiger partial charge in [-0.1, -0.05) is 0 Å². The van der Waals surface area contributed by atoms with Crippen LogP contribution in [0.5, 0.6) is 0 Å². The van der Waals surface area contributed by atoms with Crippen molar-refractivity contribution in [3.8, 4) is 0 Å². The van der Waals surface area contributed by atoms with Crippen molar-refractivity contribution >= 4 is 8.80 Å². The summed E-state index contributed by atoms with van der Waals surface area (Å²) in [5.41, 5.74) is 16.3. The summed E-state index contributed by atoms with van der Waals surface area (Å²) in [5.74, 6) is -1.20. The molecular formula is C10H27N3O3Si. The van der Waals surface area contributed by atoms with E-state index in [9.17, 15) is 0 Å². The van der Waals surface area contributed by atoms with Gasteiger partial charge in [-0.2, -0.15) is 0 Å². The standard InChI is InChI=1S/C6H19N3O3Si.2C2H4/c1-10-13(11-2,12-3)5-4-6(7,8)9;2*1-2/h4-5,7-9H2,1-3H3;2*1-2H2. The van der Waals surface area contributed by atoms with Gasteiger partial charge in [-0.15, -0.1) is 26.3 Å². The zero-order valence-electron chi connectivity index (χ0n) is 11.2. The highest BCUT2D eigenvalue weighted by molar-refractivity contribution is 6.60. The van der Waals surface area contributed by atoms with E-state index in [0.29, 0.717) is 12.5 Å².